The van der Waals surface area contributed by atoms with Crippen molar-refractivity contribution in [2.75, 3.05) is 46.5 Å². The number of likely N-dealkylation sites (tertiary alicyclic amines) is 1. The smallest absolute Gasteiger partial charge is 0.323 e. The topological polar surface area (TPSA) is 50.8 Å². The van der Waals surface area contributed by atoms with Gasteiger partial charge in [-0.15, -0.1) is 0 Å². The second kappa shape index (κ2) is 9.28. The molecule has 0 aromatic rings. The molecule has 1 fully saturated rings. The molecule has 0 bridgehead atoms. The highest BCUT2D eigenvalue weighted by Crippen LogP contribution is 2.18. The highest BCUT2D eigenvalue weighted by molar-refractivity contribution is 5.75. The molecule has 1 unspecified atom stereocenters. The third-order valence-electron chi connectivity index (χ3n) is 3.74. The summed E-state index contributed by atoms with van der Waals surface area (Å²) in [5, 5.41) is 3.41. The molecule has 19 heavy (non-hydrogen) atoms. The molecule has 5 nitrogen and oxygen atoms in total. The third kappa shape index (κ3) is 5.89. The molecule has 1 N–H and O–H groups in total. The maximum absolute atomic E-state index is 11.7. The van der Waals surface area contributed by atoms with E-state index in [2.05, 4.69) is 10.2 Å². The number of hydrogen-bond acceptors (Lipinski definition) is 5. The van der Waals surface area contributed by atoms with Crippen LogP contribution in [0.15, 0.2) is 0 Å². The molecule has 1 aliphatic heterocycles. The second-order valence-electron chi connectivity index (χ2n) is 5.10. The van der Waals surface area contributed by atoms with Gasteiger partial charge in [0.15, 0.2) is 0 Å². The molecular formula is C14H28N2O3. The summed E-state index contributed by atoms with van der Waals surface area (Å²) in [6, 6.07) is -0.109. The second-order valence-corrected chi connectivity index (χ2v) is 5.10. The molecule has 0 aromatic carbocycles. The van der Waals surface area contributed by atoms with Gasteiger partial charge in [0.1, 0.15) is 6.04 Å². The van der Waals surface area contributed by atoms with Crippen LogP contribution in [0.25, 0.3) is 0 Å². The monoisotopic (exact) mass is 272 g/mol. The SMILES string of the molecule is CCOC(=O)C(C)N1CCC(CNCCOC)CC1. The Morgan fingerprint density at radius 1 is 1.42 bits per heavy atom. The Morgan fingerprint density at radius 2 is 2.11 bits per heavy atom. The fourth-order valence-corrected chi connectivity index (χ4v) is 2.44. The zero-order valence-electron chi connectivity index (χ0n) is 12.5. The molecule has 5 heteroatoms. The van der Waals surface area contributed by atoms with Gasteiger partial charge in [0.25, 0.3) is 0 Å². The lowest BCUT2D eigenvalue weighted by Gasteiger charge is -2.34. The Labute approximate surface area is 116 Å². The Hall–Kier alpha value is -0.650. The van der Waals surface area contributed by atoms with Gasteiger partial charge in [-0.3, -0.25) is 9.69 Å². The molecule has 1 saturated heterocycles. The standard InChI is InChI=1S/C14H28N2O3/c1-4-19-14(17)12(2)16-8-5-13(6-9-16)11-15-7-10-18-3/h12-13,15H,4-11H2,1-3H3. The van der Waals surface area contributed by atoms with E-state index in [1.54, 1.807) is 7.11 Å². The summed E-state index contributed by atoms with van der Waals surface area (Å²) in [6.45, 7) is 8.94. The number of nitrogens with zero attached hydrogens (tertiary/aromatic N) is 1. The number of hydrogen-bond donors (Lipinski definition) is 1. The lowest BCUT2D eigenvalue weighted by atomic mass is 9.96. The first kappa shape index (κ1) is 16.4. The van der Waals surface area contributed by atoms with E-state index >= 15 is 0 Å². The van der Waals surface area contributed by atoms with Crippen molar-refractivity contribution in [3.63, 3.8) is 0 Å². The van der Waals surface area contributed by atoms with Crippen LogP contribution in [0.3, 0.4) is 0 Å². The Balaban J connectivity index is 2.19. The predicted molar refractivity (Wildman–Crippen MR) is 75.1 cm³/mol. The number of carbonyl (C=O) groups excluding carboxylic acids is 1. The van der Waals surface area contributed by atoms with Gasteiger partial charge in [-0.2, -0.15) is 0 Å². The summed E-state index contributed by atoms with van der Waals surface area (Å²) in [6.07, 6.45) is 2.29. The average Bonchev–Trinajstić information content (AvgIpc) is 2.44. The zero-order valence-corrected chi connectivity index (χ0v) is 12.5. The lowest BCUT2D eigenvalue weighted by molar-refractivity contribution is -0.149. The van der Waals surface area contributed by atoms with Crippen molar-refractivity contribution in [3.05, 3.63) is 0 Å². The molecule has 1 heterocycles. The molecule has 0 aliphatic carbocycles. The van der Waals surface area contributed by atoms with E-state index < -0.39 is 0 Å². The predicted octanol–water partition coefficient (Wildman–Crippen LogP) is 0.886. The summed E-state index contributed by atoms with van der Waals surface area (Å²) in [7, 11) is 1.72. The van der Waals surface area contributed by atoms with Crippen LogP contribution >= 0.6 is 0 Å². The van der Waals surface area contributed by atoms with Gasteiger partial charge in [0.2, 0.25) is 0 Å². The first-order chi connectivity index (χ1) is 9.19. The summed E-state index contributed by atoms with van der Waals surface area (Å²) in [5.74, 6) is 0.613. The Bertz CT molecular complexity index is 253. The fourth-order valence-electron chi connectivity index (χ4n) is 2.44. The average molecular weight is 272 g/mol. The van der Waals surface area contributed by atoms with Crippen molar-refractivity contribution < 1.29 is 14.3 Å². The van der Waals surface area contributed by atoms with Crippen LogP contribution in [-0.2, 0) is 14.3 Å². The normalized spacial score (nSPS) is 19.3. The third-order valence-corrected chi connectivity index (χ3v) is 3.74. The van der Waals surface area contributed by atoms with Crippen molar-refractivity contribution in [1.82, 2.24) is 10.2 Å². The molecule has 0 spiro atoms. The van der Waals surface area contributed by atoms with E-state index in [0.717, 1.165) is 45.6 Å². The van der Waals surface area contributed by atoms with Crippen molar-refractivity contribution in [2.24, 2.45) is 5.92 Å². The quantitative estimate of drug-likeness (QED) is 0.525. The Morgan fingerprint density at radius 3 is 2.68 bits per heavy atom. The molecule has 1 rings (SSSR count). The van der Waals surface area contributed by atoms with Crippen LogP contribution < -0.4 is 5.32 Å². The van der Waals surface area contributed by atoms with Gasteiger partial charge >= 0.3 is 5.97 Å². The number of ether oxygens (including phenoxy) is 2. The van der Waals surface area contributed by atoms with E-state index in [9.17, 15) is 4.79 Å². The summed E-state index contributed by atoms with van der Waals surface area (Å²) in [5.41, 5.74) is 0. The van der Waals surface area contributed by atoms with Crippen LogP contribution in [0.4, 0.5) is 0 Å². The van der Waals surface area contributed by atoms with Gasteiger partial charge < -0.3 is 14.8 Å². The summed E-state index contributed by atoms with van der Waals surface area (Å²) >= 11 is 0. The molecule has 0 saturated carbocycles. The molecule has 0 radical (unpaired) electrons. The highest BCUT2D eigenvalue weighted by atomic mass is 16.5. The van der Waals surface area contributed by atoms with Gasteiger partial charge in [-0.05, 0) is 52.2 Å². The van der Waals surface area contributed by atoms with Crippen LogP contribution in [0.1, 0.15) is 26.7 Å². The van der Waals surface area contributed by atoms with E-state index in [1.165, 1.54) is 0 Å². The Kier molecular flexibility index (Phi) is 8.02. The number of carbonyl (C=O) groups is 1. The highest BCUT2D eigenvalue weighted by Gasteiger charge is 2.26. The van der Waals surface area contributed by atoms with Crippen LogP contribution in [0, 0.1) is 5.92 Å². The van der Waals surface area contributed by atoms with Gasteiger partial charge in [-0.25, -0.2) is 0 Å². The van der Waals surface area contributed by atoms with Gasteiger partial charge in [0.05, 0.1) is 13.2 Å². The zero-order chi connectivity index (χ0) is 14.1. The first-order valence-corrected chi connectivity index (χ1v) is 7.29. The molecular weight excluding hydrogens is 244 g/mol. The minimum absolute atomic E-state index is 0.0980. The van der Waals surface area contributed by atoms with E-state index in [1.807, 2.05) is 13.8 Å². The van der Waals surface area contributed by atoms with Crippen LogP contribution in [-0.4, -0.2) is 63.4 Å². The van der Waals surface area contributed by atoms with Crippen molar-refractivity contribution in [2.45, 2.75) is 32.7 Å². The van der Waals surface area contributed by atoms with Crippen molar-refractivity contribution in [3.8, 4) is 0 Å². The van der Waals surface area contributed by atoms with Crippen LogP contribution in [0.2, 0.25) is 0 Å². The lowest BCUT2D eigenvalue weighted by Crippen LogP contribution is -2.46. The number of methoxy groups -OCH3 is 1. The van der Waals surface area contributed by atoms with E-state index in [4.69, 9.17) is 9.47 Å². The minimum Gasteiger partial charge on any atom is -0.465 e. The molecule has 112 valence electrons. The van der Waals surface area contributed by atoms with Crippen LogP contribution in [0.5, 0.6) is 0 Å². The largest absolute Gasteiger partial charge is 0.465 e. The summed E-state index contributed by atoms with van der Waals surface area (Å²) < 4.78 is 10.1. The molecule has 1 atom stereocenters. The number of piperidine rings is 1. The van der Waals surface area contributed by atoms with Crippen molar-refractivity contribution in [1.29, 1.82) is 0 Å². The van der Waals surface area contributed by atoms with E-state index in [-0.39, 0.29) is 12.0 Å². The van der Waals surface area contributed by atoms with Gasteiger partial charge in [0, 0.05) is 13.7 Å². The molecule has 1 aliphatic rings. The minimum atomic E-state index is -0.109. The first-order valence-electron chi connectivity index (χ1n) is 7.29. The van der Waals surface area contributed by atoms with E-state index in [0.29, 0.717) is 12.5 Å². The van der Waals surface area contributed by atoms with Gasteiger partial charge in [-0.1, -0.05) is 0 Å². The number of rotatable bonds is 8. The number of nitrogens with one attached hydrogen (secondary N) is 1. The maximum atomic E-state index is 11.7. The maximum Gasteiger partial charge on any atom is 0.323 e. The molecule has 0 amide bonds. The summed E-state index contributed by atoms with van der Waals surface area (Å²) in [4.78, 5) is 13.9. The fraction of sp³-hybridized carbons (Fsp3) is 0.929. The number of esters is 1. The van der Waals surface area contributed by atoms with Crippen molar-refractivity contribution >= 4 is 5.97 Å². The molecule has 0 aromatic heterocycles.